The van der Waals surface area contributed by atoms with E-state index in [4.69, 9.17) is 9.16 Å². The van der Waals surface area contributed by atoms with Crippen molar-refractivity contribution in [2.45, 2.75) is 39.4 Å². The van der Waals surface area contributed by atoms with Gasteiger partial charge in [0.05, 0.1) is 13.3 Å². The fraction of sp³-hybridized carbons (Fsp3) is 0.857. The van der Waals surface area contributed by atoms with Crippen LogP contribution in [0.5, 0.6) is 0 Å². The molecule has 2 heteroatoms. The minimum absolute atomic E-state index is 0.328. The Morgan fingerprint density at radius 1 is 1.56 bits per heavy atom. The third-order valence-corrected chi connectivity index (χ3v) is 1.40. The highest BCUT2D eigenvalue weighted by Crippen LogP contribution is 2.08. The molecule has 2 unspecified atom stereocenters. The summed E-state index contributed by atoms with van der Waals surface area (Å²) in [7, 11) is 0. The minimum atomic E-state index is 0.328. The van der Waals surface area contributed by atoms with Gasteiger partial charge in [-0.25, -0.2) is 0 Å². The van der Waals surface area contributed by atoms with Gasteiger partial charge in [-0.1, -0.05) is 0 Å². The number of hydrogen-bond acceptors (Lipinski definition) is 1. The van der Waals surface area contributed by atoms with Crippen molar-refractivity contribution in [2.75, 3.05) is 0 Å². The summed E-state index contributed by atoms with van der Waals surface area (Å²) in [6, 6.07) is 0. The van der Waals surface area contributed by atoms with Crippen molar-refractivity contribution in [1.29, 1.82) is 0 Å². The highest BCUT2D eigenvalue weighted by Gasteiger charge is 2.26. The van der Waals surface area contributed by atoms with Gasteiger partial charge < -0.3 is 9.16 Å². The Morgan fingerprint density at radius 3 is 2.67 bits per heavy atom. The van der Waals surface area contributed by atoms with E-state index in [0.717, 1.165) is 6.42 Å². The fourth-order valence-corrected chi connectivity index (χ4v) is 1.16. The van der Waals surface area contributed by atoms with Crippen molar-refractivity contribution in [3.8, 4) is 0 Å². The highest BCUT2D eigenvalue weighted by atomic mass is 16.6. The summed E-state index contributed by atoms with van der Waals surface area (Å²) in [5.74, 6) is 0.709. The lowest BCUT2D eigenvalue weighted by atomic mass is 10.2. The van der Waals surface area contributed by atoms with Crippen LogP contribution < -0.4 is 0 Å². The zero-order chi connectivity index (χ0) is 6.85. The van der Waals surface area contributed by atoms with Crippen molar-refractivity contribution in [3.63, 3.8) is 0 Å². The molecule has 1 aliphatic rings. The molecule has 0 aliphatic carbocycles. The largest absolute Gasteiger partial charge is 0.482 e. The molecular weight excluding hydrogens is 116 g/mol. The second kappa shape index (κ2) is 2.38. The SMILES string of the molecule is CC1=[O+]C(C)CC(C)O1. The summed E-state index contributed by atoms with van der Waals surface area (Å²) in [4.78, 5) is 0. The average Bonchev–Trinajstić information content (AvgIpc) is 1.59. The number of hydrogen-bond donors (Lipinski definition) is 0. The molecule has 9 heavy (non-hydrogen) atoms. The van der Waals surface area contributed by atoms with Crippen LogP contribution in [0.25, 0.3) is 0 Å². The predicted molar refractivity (Wildman–Crippen MR) is 35.3 cm³/mol. The van der Waals surface area contributed by atoms with Gasteiger partial charge in [0, 0.05) is 0 Å². The molecule has 0 N–H and O–H groups in total. The Bertz CT molecular complexity index is 129. The molecule has 1 aliphatic heterocycles. The van der Waals surface area contributed by atoms with Gasteiger partial charge in [-0.3, -0.25) is 0 Å². The first-order chi connectivity index (χ1) is 4.18. The molecule has 2 nitrogen and oxygen atoms in total. The smallest absolute Gasteiger partial charge is 0.319 e. The number of esters is 1. The van der Waals surface area contributed by atoms with Crippen molar-refractivity contribution >= 4 is 5.97 Å². The number of cyclic esters (lactones) is 1. The normalized spacial score (nSPS) is 35.2. The average molecular weight is 129 g/mol. The van der Waals surface area contributed by atoms with Crippen LogP contribution in [0.1, 0.15) is 27.2 Å². The molecule has 52 valence electrons. The second-order valence-corrected chi connectivity index (χ2v) is 2.58. The van der Waals surface area contributed by atoms with Crippen molar-refractivity contribution in [3.05, 3.63) is 0 Å². The summed E-state index contributed by atoms with van der Waals surface area (Å²) >= 11 is 0. The van der Waals surface area contributed by atoms with Crippen LogP contribution >= 0.6 is 0 Å². The van der Waals surface area contributed by atoms with Crippen LogP contribution in [-0.2, 0) is 9.16 Å². The first kappa shape index (κ1) is 6.59. The van der Waals surface area contributed by atoms with Crippen molar-refractivity contribution in [2.24, 2.45) is 0 Å². The van der Waals surface area contributed by atoms with E-state index in [1.165, 1.54) is 0 Å². The molecule has 0 saturated carbocycles. The molecule has 1 rings (SSSR count). The van der Waals surface area contributed by atoms with E-state index in [1.54, 1.807) is 0 Å². The third-order valence-electron chi connectivity index (χ3n) is 1.40. The Hall–Kier alpha value is -0.530. The third kappa shape index (κ3) is 1.70. The Labute approximate surface area is 55.5 Å². The van der Waals surface area contributed by atoms with Gasteiger partial charge >= 0.3 is 5.97 Å². The van der Waals surface area contributed by atoms with Crippen LogP contribution in [0, 0.1) is 0 Å². The van der Waals surface area contributed by atoms with Gasteiger partial charge in [0.1, 0.15) is 0 Å². The van der Waals surface area contributed by atoms with E-state index in [9.17, 15) is 0 Å². The van der Waals surface area contributed by atoms with Crippen LogP contribution in [0.2, 0.25) is 0 Å². The molecule has 2 atom stereocenters. The van der Waals surface area contributed by atoms with E-state index in [2.05, 4.69) is 13.8 Å². The van der Waals surface area contributed by atoms with Gasteiger partial charge in [0.25, 0.3) is 0 Å². The molecule has 0 aromatic rings. The summed E-state index contributed by atoms with van der Waals surface area (Å²) < 4.78 is 10.5. The van der Waals surface area contributed by atoms with Crippen molar-refractivity contribution in [1.82, 2.24) is 0 Å². The van der Waals surface area contributed by atoms with Gasteiger partial charge in [-0.15, -0.1) is 0 Å². The summed E-state index contributed by atoms with van der Waals surface area (Å²) in [5, 5.41) is 0. The standard InChI is InChI=1S/C7H13O2/c1-5-4-6(2)9-7(3)8-5/h5-6H,4H2,1-3H3/q+1. The maximum Gasteiger partial charge on any atom is 0.482 e. The number of carbonyl (C=O) groups excluding carboxylic acids is 1. The molecule has 0 amide bonds. The summed E-state index contributed by atoms with van der Waals surface area (Å²) in [6.07, 6.45) is 1.65. The van der Waals surface area contributed by atoms with Gasteiger partial charge in [-0.05, 0) is 13.8 Å². The fourth-order valence-electron chi connectivity index (χ4n) is 1.16. The van der Waals surface area contributed by atoms with E-state index >= 15 is 0 Å². The Balaban J connectivity index is 2.56. The zero-order valence-corrected chi connectivity index (χ0v) is 6.18. The van der Waals surface area contributed by atoms with E-state index < -0.39 is 0 Å². The van der Waals surface area contributed by atoms with Crippen LogP contribution in [0.3, 0.4) is 0 Å². The molecular formula is C7H13O2+. The van der Waals surface area contributed by atoms with Gasteiger partial charge in [0.2, 0.25) is 0 Å². The lowest BCUT2D eigenvalue weighted by Crippen LogP contribution is -2.27. The maximum atomic E-state index is 5.25. The molecule has 0 bridgehead atoms. The Morgan fingerprint density at radius 2 is 2.22 bits per heavy atom. The monoisotopic (exact) mass is 129 g/mol. The first-order valence-corrected chi connectivity index (χ1v) is 3.35. The molecule has 0 radical (unpaired) electrons. The molecule has 0 aromatic carbocycles. The van der Waals surface area contributed by atoms with Gasteiger partial charge in [-0.2, -0.15) is 0 Å². The lowest BCUT2D eigenvalue weighted by Gasteiger charge is -2.11. The quantitative estimate of drug-likeness (QED) is 0.356. The van der Waals surface area contributed by atoms with Crippen LogP contribution in [0.4, 0.5) is 0 Å². The van der Waals surface area contributed by atoms with E-state index in [0.29, 0.717) is 18.2 Å². The van der Waals surface area contributed by atoms with E-state index in [-0.39, 0.29) is 0 Å². The summed E-state index contributed by atoms with van der Waals surface area (Å²) in [5.41, 5.74) is 0. The van der Waals surface area contributed by atoms with Gasteiger partial charge in [0.15, 0.2) is 12.2 Å². The highest BCUT2D eigenvalue weighted by molar-refractivity contribution is 5.67. The molecule has 0 spiro atoms. The molecule has 0 fully saturated rings. The predicted octanol–water partition coefficient (Wildman–Crippen LogP) is 1.27. The maximum absolute atomic E-state index is 5.25. The topological polar surface area (TPSA) is 20.5 Å². The molecule has 0 aromatic heterocycles. The second-order valence-electron chi connectivity index (χ2n) is 2.58. The Kier molecular flexibility index (Phi) is 1.74. The first-order valence-electron chi connectivity index (χ1n) is 3.35. The van der Waals surface area contributed by atoms with E-state index in [1.807, 2.05) is 6.92 Å². The lowest BCUT2D eigenvalue weighted by molar-refractivity contribution is -0.521. The molecule has 1 heterocycles. The number of rotatable bonds is 0. The van der Waals surface area contributed by atoms with Crippen LogP contribution in [-0.4, -0.2) is 18.2 Å². The zero-order valence-electron chi connectivity index (χ0n) is 6.18. The van der Waals surface area contributed by atoms with Crippen LogP contribution in [0.15, 0.2) is 0 Å². The summed E-state index contributed by atoms with van der Waals surface area (Å²) in [6.45, 7) is 5.97. The van der Waals surface area contributed by atoms with Crippen molar-refractivity contribution < 1.29 is 9.16 Å². The minimum Gasteiger partial charge on any atom is -0.319 e. The number of ether oxygens (including phenoxy) is 1. The molecule has 0 saturated heterocycles.